The van der Waals surface area contributed by atoms with E-state index in [-0.39, 0.29) is 37.4 Å². The number of hydrogen-bond acceptors (Lipinski definition) is 5. The molecule has 1 N–H and O–H groups in total. The second kappa shape index (κ2) is 7.83. The zero-order chi connectivity index (χ0) is 22.4. The molecule has 0 aliphatic carbocycles. The molecule has 0 radical (unpaired) electrons. The van der Waals surface area contributed by atoms with E-state index in [0.717, 1.165) is 18.2 Å². The summed E-state index contributed by atoms with van der Waals surface area (Å²) in [5.41, 5.74) is 0.439. The van der Waals surface area contributed by atoms with Gasteiger partial charge in [-0.15, -0.1) is 0 Å². The van der Waals surface area contributed by atoms with Gasteiger partial charge < -0.3 is 10.0 Å². The molecule has 4 heterocycles. The van der Waals surface area contributed by atoms with E-state index < -0.39 is 23.8 Å². The summed E-state index contributed by atoms with van der Waals surface area (Å²) in [6.07, 6.45) is 4.94. The molecule has 3 aromatic heterocycles. The molecule has 0 amide bonds. The molecule has 0 unspecified atom stereocenters. The smallest absolute Gasteiger partial charge is 0.332 e. The molecule has 5 rings (SSSR count). The molecule has 2 atom stereocenters. The number of anilines is 1. The van der Waals surface area contributed by atoms with Crippen LogP contribution in [-0.2, 0) is 6.54 Å². The van der Waals surface area contributed by atoms with E-state index in [1.165, 1.54) is 19.8 Å². The third-order valence-corrected chi connectivity index (χ3v) is 5.65. The van der Waals surface area contributed by atoms with E-state index in [9.17, 15) is 18.0 Å². The van der Waals surface area contributed by atoms with E-state index in [1.54, 1.807) is 29.6 Å². The maximum atomic E-state index is 14.4. The third kappa shape index (κ3) is 3.34. The number of imidazole rings is 1. The van der Waals surface area contributed by atoms with Crippen LogP contribution in [0.1, 0.15) is 18.0 Å². The van der Waals surface area contributed by atoms with Crippen molar-refractivity contribution in [3.63, 3.8) is 0 Å². The van der Waals surface area contributed by atoms with Gasteiger partial charge in [-0.2, -0.15) is 5.10 Å². The lowest BCUT2D eigenvalue weighted by Gasteiger charge is -2.26. The highest BCUT2D eigenvalue weighted by molar-refractivity contribution is 5.61. The fraction of sp³-hybridized carbons (Fsp3) is 0.286. The van der Waals surface area contributed by atoms with Gasteiger partial charge in [-0.05, 0) is 24.3 Å². The van der Waals surface area contributed by atoms with Gasteiger partial charge in [-0.3, -0.25) is 9.13 Å². The zero-order valence-electron chi connectivity index (χ0n) is 16.8. The number of fused-ring (bicyclic) bond motifs is 1. The van der Waals surface area contributed by atoms with Gasteiger partial charge >= 0.3 is 5.69 Å². The highest BCUT2D eigenvalue weighted by Gasteiger charge is 2.36. The maximum Gasteiger partial charge on any atom is 0.332 e. The molecule has 1 aromatic carbocycles. The Hall–Kier alpha value is -3.60. The highest BCUT2D eigenvalue weighted by Crippen LogP contribution is 2.38. The van der Waals surface area contributed by atoms with Gasteiger partial charge in [0.15, 0.2) is 5.65 Å². The fourth-order valence-electron chi connectivity index (χ4n) is 4.15. The van der Waals surface area contributed by atoms with E-state index in [0.29, 0.717) is 17.2 Å². The minimum absolute atomic E-state index is 0.00280. The summed E-state index contributed by atoms with van der Waals surface area (Å²) in [5.74, 6) is -0.855. The highest BCUT2D eigenvalue weighted by atomic mass is 19.1. The molecule has 1 aliphatic rings. The summed E-state index contributed by atoms with van der Waals surface area (Å²) in [6.45, 7) is -0.0607. The number of nitrogens with zero attached hydrogens (tertiary/aromatic N) is 6. The SMILES string of the molecule is O=c1n(CCO)ccn1-c1cnn2ccc(N3C[C@@H](F)C[C@@H]3c3cc(F)ccc3F)nc12. The van der Waals surface area contributed by atoms with Crippen LogP contribution in [0.2, 0.25) is 0 Å². The average molecular weight is 444 g/mol. The van der Waals surface area contributed by atoms with Crippen molar-refractivity contribution >= 4 is 11.5 Å². The van der Waals surface area contributed by atoms with Crippen molar-refractivity contribution < 1.29 is 18.3 Å². The standard InChI is InChI=1S/C21H19F3N6O2/c22-13-1-2-16(24)15(9-13)17-10-14(23)12-29(17)19-3-4-30-20(26-19)18(11-25-30)28-6-5-27(7-8-31)21(28)32/h1-6,9,11,14,17,31H,7-8,10,12H2/t14-,17+/m0/s1. The molecule has 0 spiro atoms. The lowest BCUT2D eigenvalue weighted by molar-refractivity contribution is 0.274. The first-order valence-corrected chi connectivity index (χ1v) is 10.1. The van der Waals surface area contributed by atoms with Gasteiger partial charge in [-0.1, -0.05) is 0 Å². The van der Waals surface area contributed by atoms with Crippen molar-refractivity contribution in [3.05, 3.63) is 76.7 Å². The van der Waals surface area contributed by atoms with Gasteiger partial charge in [0.1, 0.15) is 29.3 Å². The van der Waals surface area contributed by atoms with Crippen molar-refractivity contribution in [2.24, 2.45) is 0 Å². The molecule has 1 fully saturated rings. The van der Waals surface area contributed by atoms with Crippen LogP contribution in [-0.4, -0.2) is 48.2 Å². The van der Waals surface area contributed by atoms with Crippen LogP contribution in [0.25, 0.3) is 11.3 Å². The summed E-state index contributed by atoms with van der Waals surface area (Å²) in [6, 6.07) is 4.02. The number of benzene rings is 1. The number of alkyl halides is 1. The first kappa shape index (κ1) is 20.3. The first-order chi connectivity index (χ1) is 15.5. The molecule has 166 valence electrons. The predicted molar refractivity (Wildman–Crippen MR) is 110 cm³/mol. The Kier molecular flexibility index (Phi) is 4.97. The largest absolute Gasteiger partial charge is 0.395 e. The Morgan fingerprint density at radius 1 is 1.16 bits per heavy atom. The van der Waals surface area contributed by atoms with Crippen molar-refractivity contribution in [3.8, 4) is 5.69 Å². The number of halogens is 3. The number of aromatic nitrogens is 5. The third-order valence-electron chi connectivity index (χ3n) is 5.65. The van der Waals surface area contributed by atoms with Crippen molar-refractivity contribution in [2.75, 3.05) is 18.1 Å². The molecule has 0 bridgehead atoms. The Bertz CT molecular complexity index is 1350. The number of hydrogen-bond donors (Lipinski definition) is 1. The quantitative estimate of drug-likeness (QED) is 0.511. The molecule has 1 aliphatic heterocycles. The van der Waals surface area contributed by atoms with Gasteiger partial charge in [0.25, 0.3) is 0 Å². The minimum Gasteiger partial charge on any atom is -0.395 e. The second-order valence-electron chi connectivity index (χ2n) is 7.62. The van der Waals surface area contributed by atoms with Crippen LogP contribution < -0.4 is 10.6 Å². The first-order valence-electron chi connectivity index (χ1n) is 10.1. The zero-order valence-corrected chi connectivity index (χ0v) is 16.8. The Morgan fingerprint density at radius 2 is 2.00 bits per heavy atom. The van der Waals surface area contributed by atoms with Gasteiger partial charge in [-0.25, -0.2) is 27.5 Å². The van der Waals surface area contributed by atoms with E-state index >= 15 is 0 Å². The number of rotatable bonds is 5. The van der Waals surface area contributed by atoms with Gasteiger partial charge in [0.2, 0.25) is 0 Å². The molecular formula is C21H19F3N6O2. The average Bonchev–Trinajstić information content (AvgIpc) is 3.47. The van der Waals surface area contributed by atoms with Crippen LogP contribution in [0, 0.1) is 11.6 Å². The van der Waals surface area contributed by atoms with E-state index in [2.05, 4.69) is 10.1 Å². The number of aliphatic hydroxyl groups excluding tert-OH is 1. The number of aliphatic hydroxyl groups is 1. The topological polar surface area (TPSA) is 80.6 Å². The molecule has 8 nitrogen and oxygen atoms in total. The Labute approximate surface area is 179 Å². The van der Waals surface area contributed by atoms with Crippen LogP contribution in [0.4, 0.5) is 19.0 Å². The van der Waals surface area contributed by atoms with E-state index in [1.807, 2.05) is 0 Å². The van der Waals surface area contributed by atoms with Crippen molar-refractivity contribution in [1.82, 2.24) is 23.7 Å². The monoisotopic (exact) mass is 444 g/mol. The van der Waals surface area contributed by atoms with Crippen LogP contribution in [0.15, 0.2) is 53.8 Å². The molecular weight excluding hydrogens is 425 g/mol. The van der Waals surface area contributed by atoms with Crippen LogP contribution in [0.5, 0.6) is 0 Å². The predicted octanol–water partition coefficient (Wildman–Crippen LogP) is 2.24. The summed E-state index contributed by atoms with van der Waals surface area (Å²) >= 11 is 0. The summed E-state index contributed by atoms with van der Waals surface area (Å²) in [4.78, 5) is 18.8. The molecule has 1 saturated heterocycles. The lowest BCUT2D eigenvalue weighted by atomic mass is 10.0. The minimum atomic E-state index is -1.24. The fourth-order valence-corrected chi connectivity index (χ4v) is 4.15. The summed E-state index contributed by atoms with van der Waals surface area (Å²) in [5, 5.41) is 13.3. The second-order valence-corrected chi connectivity index (χ2v) is 7.62. The Balaban J connectivity index is 1.58. The Morgan fingerprint density at radius 3 is 2.81 bits per heavy atom. The van der Waals surface area contributed by atoms with Crippen LogP contribution >= 0.6 is 0 Å². The summed E-state index contributed by atoms with van der Waals surface area (Å²) in [7, 11) is 0. The van der Waals surface area contributed by atoms with Gasteiger partial charge in [0, 0.05) is 30.6 Å². The molecule has 32 heavy (non-hydrogen) atoms. The van der Waals surface area contributed by atoms with Crippen molar-refractivity contribution in [1.29, 1.82) is 0 Å². The molecule has 11 heteroatoms. The normalized spacial score (nSPS) is 18.7. The van der Waals surface area contributed by atoms with Crippen LogP contribution in [0.3, 0.4) is 0 Å². The molecule has 0 saturated carbocycles. The maximum absolute atomic E-state index is 14.4. The molecule has 4 aromatic rings. The van der Waals surface area contributed by atoms with E-state index in [4.69, 9.17) is 5.11 Å². The van der Waals surface area contributed by atoms with Crippen molar-refractivity contribution in [2.45, 2.75) is 25.2 Å². The van der Waals surface area contributed by atoms with Gasteiger partial charge in [0.05, 0.1) is 31.9 Å². The lowest BCUT2D eigenvalue weighted by Crippen LogP contribution is -2.26. The summed E-state index contributed by atoms with van der Waals surface area (Å²) < 4.78 is 46.7.